The van der Waals surface area contributed by atoms with Crippen LogP contribution in [0.5, 0.6) is 11.5 Å². The van der Waals surface area contributed by atoms with Crippen molar-refractivity contribution in [2.75, 3.05) is 65.0 Å². The Morgan fingerprint density at radius 1 is 1.22 bits per heavy atom. The van der Waals surface area contributed by atoms with Crippen molar-refractivity contribution >= 4 is 35.6 Å². The Hall–Kier alpha value is -1.26. The SMILES string of the molecule is CCNC(=NCCCN1CCOCC1)Nc1ccc(OCC)c(OC)c1.I. The average molecular weight is 492 g/mol. The van der Waals surface area contributed by atoms with E-state index in [-0.39, 0.29) is 24.0 Å². The lowest BCUT2D eigenvalue weighted by molar-refractivity contribution is 0.0377. The minimum atomic E-state index is 0. The van der Waals surface area contributed by atoms with Gasteiger partial charge in [-0.15, -0.1) is 24.0 Å². The second-order valence-electron chi connectivity index (χ2n) is 5.99. The summed E-state index contributed by atoms with van der Waals surface area (Å²) >= 11 is 0. The van der Waals surface area contributed by atoms with Gasteiger partial charge in [-0.3, -0.25) is 9.89 Å². The molecule has 2 N–H and O–H groups in total. The summed E-state index contributed by atoms with van der Waals surface area (Å²) in [4.78, 5) is 7.10. The van der Waals surface area contributed by atoms with Crippen molar-refractivity contribution in [3.05, 3.63) is 18.2 Å². The summed E-state index contributed by atoms with van der Waals surface area (Å²) in [5, 5.41) is 6.61. The molecule has 27 heavy (non-hydrogen) atoms. The van der Waals surface area contributed by atoms with E-state index in [1.54, 1.807) is 7.11 Å². The summed E-state index contributed by atoms with van der Waals surface area (Å²) in [7, 11) is 1.65. The van der Waals surface area contributed by atoms with Gasteiger partial charge in [-0.1, -0.05) is 0 Å². The fraction of sp³-hybridized carbons (Fsp3) is 0.632. The first-order chi connectivity index (χ1) is 12.8. The van der Waals surface area contributed by atoms with E-state index in [2.05, 4.69) is 27.4 Å². The molecule has 0 spiro atoms. The van der Waals surface area contributed by atoms with Crippen LogP contribution in [0.1, 0.15) is 20.3 Å². The van der Waals surface area contributed by atoms with E-state index >= 15 is 0 Å². The molecule has 1 aromatic rings. The van der Waals surface area contributed by atoms with Gasteiger partial charge < -0.3 is 24.8 Å². The number of hydrogen-bond acceptors (Lipinski definition) is 5. The molecule has 1 aliphatic heterocycles. The van der Waals surface area contributed by atoms with Gasteiger partial charge in [0.25, 0.3) is 0 Å². The van der Waals surface area contributed by atoms with Gasteiger partial charge in [0.05, 0.1) is 26.9 Å². The second kappa shape index (κ2) is 13.8. The number of guanidine groups is 1. The number of methoxy groups -OCH3 is 1. The molecule has 0 unspecified atom stereocenters. The third-order valence-corrected chi connectivity index (χ3v) is 4.08. The van der Waals surface area contributed by atoms with Crippen LogP contribution in [-0.2, 0) is 4.74 Å². The average Bonchev–Trinajstić information content (AvgIpc) is 2.67. The Bertz CT molecular complexity index is 566. The Labute approximate surface area is 179 Å². The highest BCUT2D eigenvalue weighted by Crippen LogP contribution is 2.30. The maximum absolute atomic E-state index is 5.56. The fourth-order valence-corrected chi connectivity index (χ4v) is 2.77. The molecular formula is C19H33IN4O3. The first-order valence-electron chi connectivity index (χ1n) is 9.43. The van der Waals surface area contributed by atoms with Gasteiger partial charge in [-0.2, -0.15) is 0 Å². The third kappa shape index (κ3) is 8.52. The number of hydrogen-bond donors (Lipinski definition) is 2. The first kappa shape index (κ1) is 23.8. The van der Waals surface area contributed by atoms with E-state index in [0.717, 1.165) is 69.8 Å². The molecule has 1 heterocycles. The van der Waals surface area contributed by atoms with Crippen LogP contribution in [0.3, 0.4) is 0 Å². The van der Waals surface area contributed by atoms with Gasteiger partial charge in [-0.25, -0.2) is 0 Å². The molecule has 0 radical (unpaired) electrons. The molecule has 0 bridgehead atoms. The van der Waals surface area contributed by atoms with E-state index in [0.29, 0.717) is 12.4 Å². The number of nitrogens with one attached hydrogen (secondary N) is 2. The molecule has 0 saturated carbocycles. The minimum absolute atomic E-state index is 0. The predicted octanol–water partition coefficient (Wildman–Crippen LogP) is 2.81. The molecule has 2 rings (SSSR count). The van der Waals surface area contributed by atoms with Crippen LogP contribution >= 0.6 is 24.0 Å². The smallest absolute Gasteiger partial charge is 0.195 e. The lowest BCUT2D eigenvalue weighted by Gasteiger charge is -2.26. The van der Waals surface area contributed by atoms with Crippen LogP contribution in [0.2, 0.25) is 0 Å². The van der Waals surface area contributed by atoms with Crippen LogP contribution in [0, 0.1) is 0 Å². The van der Waals surface area contributed by atoms with Crippen LogP contribution in [0.4, 0.5) is 5.69 Å². The molecule has 1 fully saturated rings. The standard InChI is InChI=1S/C19H32N4O3.HI/c1-4-20-19(21-9-6-10-23-11-13-25-14-12-23)22-16-7-8-17(26-5-2)18(15-16)24-3;/h7-8,15H,4-6,9-14H2,1-3H3,(H2,20,21,22);1H. The fourth-order valence-electron chi connectivity index (χ4n) is 2.77. The lowest BCUT2D eigenvalue weighted by atomic mass is 10.2. The summed E-state index contributed by atoms with van der Waals surface area (Å²) < 4.78 is 16.3. The van der Waals surface area contributed by atoms with Crippen molar-refractivity contribution in [2.45, 2.75) is 20.3 Å². The van der Waals surface area contributed by atoms with Crippen LogP contribution in [-0.4, -0.2) is 70.5 Å². The molecule has 1 aromatic carbocycles. The maximum Gasteiger partial charge on any atom is 0.195 e. The minimum Gasteiger partial charge on any atom is -0.493 e. The highest BCUT2D eigenvalue weighted by Gasteiger charge is 2.09. The highest BCUT2D eigenvalue weighted by molar-refractivity contribution is 14.0. The van der Waals surface area contributed by atoms with Gasteiger partial charge in [0.15, 0.2) is 17.5 Å². The molecule has 0 atom stereocenters. The van der Waals surface area contributed by atoms with E-state index in [1.807, 2.05) is 25.1 Å². The lowest BCUT2D eigenvalue weighted by Crippen LogP contribution is -2.37. The molecule has 154 valence electrons. The number of morpholine rings is 1. The zero-order valence-electron chi connectivity index (χ0n) is 16.6. The van der Waals surface area contributed by atoms with Crippen LogP contribution < -0.4 is 20.1 Å². The zero-order chi connectivity index (χ0) is 18.6. The Balaban J connectivity index is 0.00000364. The summed E-state index contributed by atoms with van der Waals surface area (Å²) in [5.41, 5.74) is 0.915. The summed E-state index contributed by atoms with van der Waals surface area (Å²) in [6.45, 7) is 11.0. The van der Waals surface area contributed by atoms with Gasteiger partial charge >= 0.3 is 0 Å². The Kier molecular flexibility index (Phi) is 12.2. The van der Waals surface area contributed by atoms with E-state index in [9.17, 15) is 0 Å². The van der Waals surface area contributed by atoms with Crippen molar-refractivity contribution in [1.82, 2.24) is 10.2 Å². The van der Waals surface area contributed by atoms with Crippen molar-refractivity contribution in [3.63, 3.8) is 0 Å². The van der Waals surface area contributed by atoms with Crippen molar-refractivity contribution in [2.24, 2.45) is 4.99 Å². The summed E-state index contributed by atoms with van der Waals surface area (Å²) in [6.07, 6.45) is 1.03. The zero-order valence-corrected chi connectivity index (χ0v) is 19.0. The molecule has 0 amide bonds. The summed E-state index contributed by atoms with van der Waals surface area (Å²) in [5.74, 6) is 2.23. The molecular weight excluding hydrogens is 459 g/mol. The van der Waals surface area contributed by atoms with Crippen molar-refractivity contribution < 1.29 is 14.2 Å². The topological polar surface area (TPSA) is 67.4 Å². The number of halogens is 1. The maximum atomic E-state index is 5.56. The van der Waals surface area contributed by atoms with Gasteiger partial charge in [-0.05, 0) is 32.4 Å². The first-order valence-corrected chi connectivity index (χ1v) is 9.43. The van der Waals surface area contributed by atoms with Crippen molar-refractivity contribution in [3.8, 4) is 11.5 Å². The third-order valence-electron chi connectivity index (χ3n) is 4.08. The molecule has 1 aliphatic rings. The number of anilines is 1. The van der Waals surface area contributed by atoms with Gasteiger partial charge in [0, 0.05) is 44.5 Å². The monoisotopic (exact) mass is 492 g/mol. The second-order valence-corrected chi connectivity index (χ2v) is 5.99. The largest absolute Gasteiger partial charge is 0.493 e. The number of nitrogens with zero attached hydrogens (tertiary/aromatic N) is 2. The van der Waals surface area contributed by atoms with Crippen LogP contribution in [0.25, 0.3) is 0 Å². The number of aliphatic imine (C=N–C) groups is 1. The normalized spacial score (nSPS) is 15.0. The van der Waals surface area contributed by atoms with Gasteiger partial charge in [0.2, 0.25) is 0 Å². The van der Waals surface area contributed by atoms with E-state index in [1.165, 1.54) is 0 Å². The Morgan fingerprint density at radius 2 is 2.00 bits per heavy atom. The molecule has 0 aliphatic carbocycles. The number of rotatable bonds is 9. The highest BCUT2D eigenvalue weighted by atomic mass is 127. The van der Waals surface area contributed by atoms with Gasteiger partial charge in [0.1, 0.15) is 0 Å². The Morgan fingerprint density at radius 3 is 2.67 bits per heavy atom. The number of ether oxygens (including phenoxy) is 3. The van der Waals surface area contributed by atoms with Crippen molar-refractivity contribution in [1.29, 1.82) is 0 Å². The summed E-state index contributed by atoms with van der Waals surface area (Å²) in [6, 6.07) is 5.80. The van der Waals surface area contributed by atoms with E-state index in [4.69, 9.17) is 14.2 Å². The number of benzene rings is 1. The quantitative estimate of drug-likeness (QED) is 0.239. The predicted molar refractivity (Wildman–Crippen MR) is 121 cm³/mol. The molecule has 1 saturated heterocycles. The molecule has 7 nitrogen and oxygen atoms in total. The molecule has 8 heteroatoms. The van der Waals surface area contributed by atoms with Crippen LogP contribution in [0.15, 0.2) is 23.2 Å². The molecule has 0 aromatic heterocycles. The van der Waals surface area contributed by atoms with E-state index < -0.39 is 0 Å².